The maximum atomic E-state index is 12.1. The molecule has 0 amide bonds. The summed E-state index contributed by atoms with van der Waals surface area (Å²) in [6.07, 6.45) is 4.83. The molecular formula is C11H10BrN3O. The van der Waals surface area contributed by atoms with Crippen molar-refractivity contribution >= 4 is 21.7 Å². The van der Waals surface area contributed by atoms with Gasteiger partial charge in [0.25, 0.3) is 0 Å². The van der Waals surface area contributed by atoms with Crippen LogP contribution in [-0.2, 0) is 6.54 Å². The first-order valence-corrected chi connectivity index (χ1v) is 5.68. The second kappa shape index (κ2) is 4.57. The summed E-state index contributed by atoms with van der Waals surface area (Å²) in [5, 5.41) is 4.07. The highest BCUT2D eigenvalue weighted by Gasteiger charge is 2.13. The van der Waals surface area contributed by atoms with Crippen LogP contribution in [0.1, 0.15) is 23.0 Å². The van der Waals surface area contributed by atoms with Crippen molar-refractivity contribution in [2.45, 2.75) is 13.5 Å². The second-order valence-electron chi connectivity index (χ2n) is 3.25. The molecule has 0 N–H and O–H groups in total. The largest absolute Gasteiger partial charge is 0.287 e. The normalized spacial score (nSPS) is 10.4. The summed E-state index contributed by atoms with van der Waals surface area (Å²) in [6, 6.07) is 3.47. The quantitative estimate of drug-likeness (QED) is 0.810. The minimum absolute atomic E-state index is 0.0619. The topological polar surface area (TPSA) is 47.8 Å². The van der Waals surface area contributed by atoms with Crippen LogP contribution >= 0.6 is 15.9 Å². The Kier molecular flexibility index (Phi) is 3.14. The van der Waals surface area contributed by atoms with Gasteiger partial charge in [-0.15, -0.1) is 0 Å². The monoisotopic (exact) mass is 279 g/mol. The van der Waals surface area contributed by atoms with Gasteiger partial charge in [0.2, 0.25) is 5.78 Å². The molecule has 0 aliphatic heterocycles. The van der Waals surface area contributed by atoms with Crippen molar-refractivity contribution < 1.29 is 4.79 Å². The number of ketones is 1. The second-order valence-corrected chi connectivity index (χ2v) is 4.17. The molecule has 5 heteroatoms. The molecule has 2 aromatic heterocycles. The lowest BCUT2D eigenvalue weighted by Gasteiger charge is -2.03. The van der Waals surface area contributed by atoms with Crippen molar-refractivity contribution in [1.82, 2.24) is 14.8 Å². The van der Waals surface area contributed by atoms with Crippen molar-refractivity contribution in [3.05, 3.63) is 46.5 Å². The van der Waals surface area contributed by atoms with E-state index in [2.05, 4.69) is 26.0 Å². The van der Waals surface area contributed by atoms with Gasteiger partial charge >= 0.3 is 0 Å². The molecule has 0 aromatic carbocycles. The summed E-state index contributed by atoms with van der Waals surface area (Å²) in [7, 11) is 0. The number of nitrogens with zero attached hydrogens (tertiary/aromatic N) is 3. The number of hydrogen-bond donors (Lipinski definition) is 0. The third kappa shape index (κ3) is 2.04. The minimum atomic E-state index is -0.0619. The fourth-order valence-electron chi connectivity index (χ4n) is 1.46. The summed E-state index contributed by atoms with van der Waals surface area (Å²) in [6.45, 7) is 2.62. The molecule has 0 saturated heterocycles. The Bertz CT molecular complexity index is 521. The summed E-state index contributed by atoms with van der Waals surface area (Å²) >= 11 is 3.29. The number of aryl methyl sites for hydroxylation is 1. The Morgan fingerprint density at radius 2 is 2.31 bits per heavy atom. The van der Waals surface area contributed by atoms with Crippen LogP contribution in [0.2, 0.25) is 0 Å². The zero-order chi connectivity index (χ0) is 11.5. The third-order valence-electron chi connectivity index (χ3n) is 2.22. The van der Waals surface area contributed by atoms with E-state index in [0.29, 0.717) is 17.8 Å². The van der Waals surface area contributed by atoms with E-state index in [1.54, 1.807) is 35.4 Å². The van der Waals surface area contributed by atoms with Crippen molar-refractivity contribution in [3.8, 4) is 0 Å². The first kappa shape index (κ1) is 11.0. The number of pyridine rings is 1. The van der Waals surface area contributed by atoms with E-state index in [4.69, 9.17) is 0 Å². The maximum absolute atomic E-state index is 12.1. The first-order valence-electron chi connectivity index (χ1n) is 4.89. The van der Waals surface area contributed by atoms with Gasteiger partial charge in [-0.3, -0.25) is 14.5 Å². The molecule has 0 unspecified atom stereocenters. The van der Waals surface area contributed by atoms with Crippen LogP contribution in [0.15, 0.2) is 35.2 Å². The SMILES string of the molecule is CCn1nccc1C(=O)c1cncc(Br)c1. The van der Waals surface area contributed by atoms with Gasteiger partial charge in [0.1, 0.15) is 5.69 Å². The van der Waals surface area contributed by atoms with E-state index in [0.717, 1.165) is 4.47 Å². The maximum Gasteiger partial charge on any atom is 0.212 e. The third-order valence-corrected chi connectivity index (χ3v) is 2.65. The number of carbonyl (C=O) groups is 1. The molecule has 0 aliphatic carbocycles. The van der Waals surface area contributed by atoms with Crippen molar-refractivity contribution in [3.63, 3.8) is 0 Å². The zero-order valence-corrected chi connectivity index (χ0v) is 10.3. The van der Waals surface area contributed by atoms with Crippen LogP contribution in [0.3, 0.4) is 0 Å². The predicted molar refractivity (Wildman–Crippen MR) is 63.3 cm³/mol. The molecule has 0 radical (unpaired) electrons. The number of hydrogen-bond acceptors (Lipinski definition) is 3. The Labute approximate surface area is 101 Å². The summed E-state index contributed by atoms with van der Waals surface area (Å²) in [5.74, 6) is -0.0619. The van der Waals surface area contributed by atoms with E-state index < -0.39 is 0 Å². The highest BCUT2D eigenvalue weighted by Crippen LogP contribution is 2.13. The Hall–Kier alpha value is -1.49. The lowest BCUT2D eigenvalue weighted by molar-refractivity contribution is 0.102. The summed E-state index contributed by atoms with van der Waals surface area (Å²) in [4.78, 5) is 16.1. The average molecular weight is 280 g/mol. The van der Waals surface area contributed by atoms with Gasteiger partial charge in [-0.25, -0.2) is 0 Å². The van der Waals surface area contributed by atoms with E-state index in [9.17, 15) is 4.79 Å². The molecule has 2 aromatic rings. The Morgan fingerprint density at radius 1 is 1.50 bits per heavy atom. The predicted octanol–water partition coefficient (Wildman–Crippen LogP) is 2.29. The van der Waals surface area contributed by atoms with Gasteiger partial charge in [0.15, 0.2) is 0 Å². The van der Waals surface area contributed by atoms with Crippen molar-refractivity contribution in [2.75, 3.05) is 0 Å². The molecule has 16 heavy (non-hydrogen) atoms. The number of carbonyl (C=O) groups excluding carboxylic acids is 1. The fourth-order valence-corrected chi connectivity index (χ4v) is 1.83. The number of rotatable bonds is 3. The van der Waals surface area contributed by atoms with Crippen molar-refractivity contribution in [1.29, 1.82) is 0 Å². The molecule has 82 valence electrons. The van der Waals surface area contributed by atoms with E-state index in [-0.39, 0.29) is 5.78 Å². The number of aromatic nitrogens is 3. The van der Waals surface area contributed by atoms with Crippen LogP contribution in [0.5, 0.6) is 0 Å². The highest BCUT2D eigenvalue weighted by molar-refractivity contribution is 9.10. The Balaban J connectivity index is 2.39. The van der Waals surface area contributed by atoms with E-state index >= 15 is 0 Å². The molecule has 4 nitrogen and oxygen atoms in total. The molecule has 0 fully saturated rings. The van der Waals surface area contributed by atoms with Crippen LogP contribution in [0.4, 0.5) is 0 Å². The molecule has 0 spiro atoms. The van der Waals surface area contributed by atoms with Gasteiger partial charge in [-0.2, -0.15) is 5.10 Å². The molecule has 0 aliphatic rings. The van der Waals surface area contributed by atoms with E-state index in [1.165, 1.54) is 0 Å². The van der Waals surface area contributed by atoms with Crippen LogP contribution < -0.4 is 0 Å². The van der Waals surface area contributed by atoms with Gasteiger partial charge in [0.05, 0.1) is 0 Å². The van der Waals surface area contributed by atoms with Gasteiger partial charge < -0.3 is 0 Å². The lowest BCUT2D eigenvalue weighted by Crippen LogP contribution is -2.10. The molecule has 0 bridgehead atoms. The molecule has 0 saturated carbocycles. The molecular weight excluding hydrogens is 270 g/mol. The average Bonchev–Trinajstić information content (AvgIpc) is 2.76. The van der Waals surface area contributed by atoms with Gasteiger partial charge in [0, 0.05) is 35.2 Å². The standard InChI is InChI=1S/C11H10BrN3O/c1-2-15-10(3-4-14-15)11(16)8-5-9(12)7-13-6-8/h3-7H,2H2,1H3. The van der Waals surface area contributed by atoms with Gasteiger partial charge in [-0.05, 0) is 35.0 Å². The first-order chi connectivity index (χ1) is 7.72. The summed E-state index contributed by atoms with van der Waals surface area (Å²) < 4.78 is 2.46. The smallest absolute Gasteiger partial charge is 0.212 e. The van der Waals surface area contributed by atoms with Gasteiger partial charge in [-0.1, -0.05) is 0 Å². The molecule has 0 atom stereocenters. The lowest BCUT2D eigenvalue weighted by atomic mass is 10.1. The van der Waals surface area contributed by atoms with Crippen LogP contribution in [0.25, 0.3) is 0 Å². The van der Waals surface area contributed by atoms with E-state index in [1.807, 2.05) is 6.92 Å². The molecule has 2 rings (SSSR count). The highest BCUT2D eigenvalue weighted by atomic mass is 79.9. The Morgan fingerprint density at radius 3 is 3.00 bits per heavy atom. The zero-order valence-electron chi connectivity index (χ0n) is 8.72. The van der Waals surface area contributed by atoms with Crippen molar-refractivity contribution in [2.24, 2.45) is 0 Å². The molecule has 2 heterocycles. The summed E-state index contributed by atoms with van der Waals surface area (Å²) in [5.41, 5.74) is 1.15. The van der Waals surface area contributed by atoms with Crippen LogP contribution in [-0.4, -0.2) is 20.5 Å². The van der Waals surface area contributed by atoms with Crippen LogP contribution in [0, 0.1) is 0 Å². The number of halogens is 1. The minimum Gasteiger partial charge on any atom is -0.287 e. The fraction of sp³-hybridized carbons (Fsp3) is 0.182.